The van der Waals surface area contributed by atoms with E-state index in [1.54, 1.807) is 12.1 Å². The van der Waals surface area contributed by atoms with Gasteiger partial charge in [0, 0.05) is 38.2 Å². The Balaban J connectivity index is 1.24. The molecular formula is C40H44FN5O5. The van der Waals surface area contributed by atoms with Crippen LogP contribution < -0.4 is 16.4 Å². The van der Waals surface area contributed by atoms with E-state index in [1.807, 2.05) is 66.7 Å². The van der Waals surface area contributed by atoms with Crippen LogP contribution in [0.4, 0.5) is 10.1 Å². The number of methoxy groups -OCH3 is 1. The highest BCUT2D eigenvalue weighted by Crippen LogP contribution is 2.26. The Labute approximate surface area is 297 Å². The minimum absolute atomic E-state index is 0.0948. The van der Waals surface area contributed by atoms with Crippen LogP contribution in [0.3, 0.4) is 0 Å². The van der Waals surface area contributed by atoms with Gasteiger partial charge in [-0.05, 0) is 71.5 Å². The average Bonchev–Trinajstić information content (AvgIpc) is 3.16. The van der Waals surface area contributed by atoms with Crippen molar-refractivity contribution in [3.63, 3.8) is 0 Å². The quantitative estimate of drug-likeness (QED) is 0.192. The smallest absolute Gasteiger partial charge is 0.328 e. The zero-order valence-corrected chi connectivity index (χ0v) is 28.7. The van der Waals surface area contributed by atoms with Crippen molar-refractivity contribution in [1.82, 2.24) is 15.1 Å². The third-order valence-corrected chi connectivity index (χ3v) is 9.94. The molecular weight excluding hydrogens is 649 g/mol. The predicted octanol–water partition coefficient (Wildman–Crippen LogP) is 3.85. The number of amides is 3. The number of rotatable bonds is 12. The van der Waals surface area contributed by atoms with Gasteiger partial charge in [-0.25, -0.2) is 9.18 Å². The highest BCUT2D eigenvalue weighted by Gasteiger charge is 2.44. The number of piperazine rings is 1. The summed E-state index contributed by atoms with van der Waals surface area (Å²) in [6.07, 6.45) is 1.59. The topological polar surface area (TPSA) is 134 Å². The highest BCUT2D eigenvalue weighted by atomic mass is 19.1. The Morgan fingerprint density at radius 1 is 0.941 bits per heavy atom. The first-order chi connectivity index (χ1) is 24.7. The second-order valence-electron chi connectivity index (χ2n) is 13.3. The average molecular weight is 694 g/mol. The normalized spacial score (nSPS) is 18.4. The molecule has 4 atom stereocenters. The number of hydrogen-bond donors (Lipinski definition) is 3. The number of carbonyl (C=O) groups excluding carboxylic acids is 4. The molecule has 2 aliphatic rings. The molecule has 0 aliphatic carbocycles. The van der Waals surface area contributed by atoms with E-state index in [2.05, 4.69) is 10.6 Å². The van der Waals surface area contributed by atoms with E-state index in [0.29, 0.717) is 31.5 Å². The van der Waals surface area contributed by atoms with Gasteiger partial charge < -0.3 is 30.9 Å². The van der Waals surface area contributed by atoms with E-state index in [0.717, 1.165) is 27.6 Å². The number of para-hydroxylation sites is 1. The molecule has 1 fully saturated rings. The molecule has 4 N–H and O–H groups in total. The fraction of sp³-hybridized carbons (Fsp3) is 0.350. The summed E-state index contributed by atoms with van der Waals surface area (Å²) in [5, 5.41) is 8.38. The molecule has 0 spiro atoms. The SMILES string of the molecule is COC(=O)C(Cc1ccc2ccccc2c1)N1CCN(C(=O)C(Cc2ccc(F)cc2)NC(=O)C2CNc3ccccc3C2)C(CCCN)C1=O. The molecule has 0 aromatic heterocycles. The summed E-state index contributed by atoms with van der Waals surface area (Å²) in [4.78, 5) is 58.9. The van der Waals surface area contributed by atoms with Gasteiger partial charge in [-0.15, -0.1) is 0 Å². The lowest BCUT2D eigenvalue weighted by atomic mass is 9.92. The lowest BCUT2D eigenvalue weighted by molar-refractivity contribution is -0.162. The van der Waals surface area contributed by atoms with Gasteiger partial charge in [-0.1, -0.05) is 72.8 Å². The maximum Gasteiger partial charge on any atom is 0.328 e. The Morgan fingerprint density at radius 3 is 2.43 bits per heavy atom. The van der Waals surface area contributed by atoms with Crippen molar-refractivity contribution in [2.45, 2.75) is 50.2 Å². The van der Waals surface area contributed by atoms with Crippen molar-refractivity contribution >= 4 is 40.2 Å². The molecule has 4 unspecified atom stereocenters. The van der Waals surface area contributed by atoms with Crippen molar-refractivity contribution < 1.29 is 28.3 Å². The van der Waals surface area contributed by atoms with E-state index in [9.17, 15) is 23.6 Å². The van der Waals surface area contributed by atoms with E-state index in [-0.39, 0.29) is 44.2 Å². The summed E-state index contributed by atoms with van der Waals surface area (Å²) in [7, 11) is 1.30. The molecule has 4 aromatic carbocycles. The van der Waals surface area contributed by atoms with Gasteiger partial charge in [0.05, 0.1) is 13.0 Å². The van der Waals surface area contributed by atoms with Crippen molar-refractivity contribution in [1.29, 1.82) is 0 Å². The molecule has 3 amide bonds. The van der Waals surface area contributed by atoms with E-state index >= 15 is 0 Å². The van der Waals surface area contributed by atoms with Gasteiger partial charge in [0.2, 0.25) is 17.7 Å². The van der Waals surface area contributed by atoms with E-state index in [4.69, 9.17) is 10.5 Å². The lowest BCUT2D eigenvalue weighted by Gasteiger charge is -2.44. The van der Waals surface area contributed by atoms with Crippen LogP contribution in [0.15, 0.2) is 91.0 Å². The molecule has 2 aliphatic heterocycles. The number of nitrogens with two attached hydrogens (primary N) is 1. The summed E-state index contributed by atoms with van der Waals surface area (Å²) in [5.41, 5.74) is 9.40. The van der Waals surface area contributed by atoms with Gasteiger partial charge >= 0.3 is 5.97 Å². The first kappa shape index (κ1) is 35.5. The highest BCUT2D eigenvalue weighted by molar-refractivity contribution is 5.95. The van der Waals surface area contributed by atoms with Crippen LogP contribution in [-0.4, -0.2) is 84.9 Å². The van der Waals surface area contributed by atoms with Crippen LogP contribution in [-0.2, 0) is 43.2 Å². The summed E-state index contributed by atoms with van der Waals surface area (Å²) in [6, 6.07) is 24.6. The monoisotopic (exact) mass is 693 g/mol. The molecule has 10 nitrogen and oxygen atoms in total. The van der Waals surface area contributed by atoms with Crippen LogP contribution in [0, 0.1) is 11.7 Å². The zero-order chi connectivity index (χ0) is 35.9. The number of halogens is 1. The van der Waals surface area contributed by atoms with Crippen LogP contribution in [0.25, 0.3) is 10.8 Å². The van der Waals surface area contributed by atoms with Crippen LogP contribution in [0.5, 0.6) is 0 Å². The van der Waals surface area contributed by atoms with Crippen LogP contribution in [0.1, 0.15) is 29.5 Å². The van der Waals surface area contributed by atoms with Gasteiger partial charge in [0.1, 0.15) is 23.9 Å². The largest absolute Gasteiger partial charge is 0.467 e. The van der Waals surface area contributed by atoms with Crippen molar-refractivity contribution in [3.8, 4) is 0 Å². The van der Waals surface area contributed by atoms with Crippen molar-refractivity contribution in [2.75, 3.05) is 38.6 Å². The number of hydrogen-bond acceptors (Lipinski definition) is 7. The van der Waals surface area contributed by atoms with Gasteiger partial charge in [-0.3, -0.25) is 14.4 Å². The molecule has 266 valence electrons. The van der Waals surface area contributed by atoms with Gasteiger partial charge in [0.25, 0.3) is 0 Å². The maximum atomic E-state index is 14.5. The van der Waals surface area contributed by atoms with Gasteiger partial charge in [-0.2, -0.15) is 0 Å². The lowest BCUT2D eigenvalue weighted by Crippen LogP contribution is -2.65. The first-order valence-corrected chi connectivity index (χ1v) is 17.5. The number of benzene rings is 4. The number of nitrogens with zero attached hydrogens (tertiary/aromatic N) is 2. The predicted molar refractivity (Wildman–Crippen MR) is 193 cm³/mol. The summed E-state index contributed by atoms with van der Waals surface area (Å²) < 4.78 is 19.0. The molecule has 0 saturated carbocycles. The second kappa shape index (κ2) is 16.2. The fourth-order valence-corrected chi connectivity index (χ4v) is 7.19. The number of carbonyl (C=O) groups is 4. The molecule has 0 radical (unpaired) electrons. The Hall–Kier alpha value is -5.29. The maximum absolute atomic E-state index is 14.5. The van der Waals surface area contributed by atoms with Crippen molar-refractivity contribution in [2.24, 2.45) is 11.7 Å². The molecule has 4 aromatic rings. The standard InChI is InChI=1S/C40H44FN5O5/c1-51-40(50)36(23-27-12-15-28-7-2-3-8-29(28)21-27)46-20-19-45(35(39(46)49)11-6-18-42)38(48)34(22-26-13-16-32(41)17-14-26)44-37(47)31-24-30-9-4-5-10-33(30)43-25-31/h2-5,7-10,12-17,21,31,34-36,43H,6,11,18-20,22-25,42H2,1H3,(H,44,47). The molecule has 51 heavy (non-hydrogen) atoms. The molecule has 1 saturated heterocycles. The Kier molecular flexibility index (Phi) is 11.3. The molecule has 2 heterocycles. The summed E-state index contributed by atoms with van der Waals surface area (Å²) in [5.74, 6) is -2.47. The fourth-order valence-electron chi connectivity index (χ4n) is 7.19. The zero-order valence-electron chi connectivity index (χ0n) is 28.7. The number of anilines is 1. The van der Waals surface area contributed by atoms with Gasteiger partial charge in [0.15, 0.2) is 0 Å². The Morgan fingerprint density at radius 2 is 1.67 bits per heavy atom. The van der Waals surface area contributed by atoms with Crippen molar-refractivity contribution in [3.05, 3.63) is 114 Å². The van der Waals surface area contributed by atoms with E-state index in [1.165, 1.54) is 29.0 Å². The first-order valence-electron chi connectivity index (χ1n) is 17.5. The third kappa shape index (κ3) is 8.20. The molecule has 6 rings (SSSR count). The third-order valence-electron chi connectivity index (χ3n) is 9.94. The summed E-state index contributed by atoms with van der Waals surface area (Å²) >= 11 is 0. The van der Waals surface area contributed by atoms with Crippen LogP contribution in [0.2, 0.25) is 0 Å². The summed E-state index contributed by atoms with van der Waals surface area (Å²) in [6.45, 7) is 0.939. The number of fused-ring (bicyclic) bond motifs is 2. The molecule has 11 heteroatoms. The second-order valence-corrected chi connectivity index (χ2v) is 13.3. The minimum atomic E-state index is -1.02. The Bertz CT molecular complexity index is 1880. The van der Waals surface area contributed by atoms with Crippen LogP contribution >= 0.6 is 0 Å². The van der Waals surface area contributed by atoms with E-state index < -0.39 is 41.7 Å². The number of nitrogens with one attached hydrogen (secondary N) is 2. The molecule has 0 bridgehead atoms. The minimum Gasteiger partial charge on any atom is -0.467 e. The number of ether oxygens (including phenoxy) is 1. The number of esters is 1.